The molecule has 100 valence electrons. The van der Waals surface area contributed by atoms with Gasteiger partial charge in [0.15, 0.2) is 0 Å². The standard InChI is InChI=1S/C14H11N3O2S/c1-8-5-9(2)17-13(11(8)7-15)20-12-6-10(14(18)19)3-4-16-12/h3-6H,1-2H3,(H,18,19). The molecular formula is C14H11N3O2S. The Morgan fingerprint density at radius 2 is 2.15 bits per heavy atom. The molecule has 0 aromatic carbocycles. The Hall–Kier alpha value is -2.39. The van der Waals surface area contributed by atoms with Crippen molar-refractivity contribution in [1.82, 2.24) is 9.97 Å². The van der Waals surface area contributed by atoms with Crippen LogP contribution in [0.4, 0.5) is 0 Å². The second-order valence-corrected chi connectivity index (χ2v) is 5.17. The first-order valence-corrected chi connectivity index (χ1v) is 6.58. The van der Waals surface area contributed by atoms with E-state index in [0.717, 1.165) is 11.3 Å². The molecule has 5 nitrogen and oxygen atoms in total. The van der Waals surface area contributed by atoms with Gasteiger partial charge in [0.1, 0.15) is 16.1 Å². The molecule has 2 aromatic rings. The SMILES string of the molecule is Cc1cc(C)c(C#N)c(Sc2cc(C(=O)O)ccn2)n1. The molecule has 6 heteroatoms. The van der Waals surface area contributed by atoms with E-state index in [-0.39, 0.29) is 5.56 Å². The van der Waals surface area contributed by atoms with Crippen molar-refractivity contribution in [3.8, 4) is 6.07 Å². The van der Waals surface area contributed by atoms with Crippen LogP contribution in [0, 0.1) is 25.2 Å². The lowest BCUT2D eigenvalue weighted by atomic mass is 10.1. The van der Waals surface area contributed by atoms with Crippen molar-refractivity contribution >= 4 is 17.7 Å². The van der Waals surface area contributed by atoms with E-state index in [1.54, 1.807) is 0 Å². The molecule has 0 aliphatic rings. The van der Waals surface area contributed by atoms with E-state index >= 15 is 0 Å². The molecule has 0 aliphatic carbocycles. The van der Waals surface area contributed by atoms with Crippen molar-refractivity contribution in [2.45, 2.75) is 23.9 Å². The minimum atomic E-state index is -1.01. The van der Waals surface area contributed by atoms with Crippen LogP contribution >= 0.6 is 11.8 Å². The molecule has 0 spiro atoms. The van der Waals surface area contributed by atoms with Crippen molar-refractivity contribution in [2.75, 3.05) is 0 Å². The lowest BCUT2D eigenvalue weighted by Crippen LogP contribution is -1.98. The maximum Gasteiger partial charge on any atom is 0.335 e. The van der Waals surface area contributed by atoms with Crippen molar-refractivity contribution in [2.24, 2.45) is 0 Å². The van der Waals surface area contributed by atoms with Crippen LogP contribution in [0.25, 0.3) is 0 Å². The van der Waals surface area contributed by atoms with E-state index in [1.807, 2.05) is 19.9 Å². The normalized spacial score (nSPS) is 10.1. The molecular weight excluding hydrogens is 274 g/mol. The first kappa shape index (κ1) is 14.0. The largest absolute Gasteiger partial charge is 0.478 e. The van der Waals surface area contributed by atoms with E-state index in [4.69, 9.17) is 5.11 Å². The summed E-state index contributed by atoms with van der Waals surface area (Å²) >= 11 is 1.19. The highest BCUT2D eigenvalue weighted by atomic mass is 32.2. The number of aromatic carboxylic acids is 1. The van der Waals surface area contributed by atoms with E-state index in [1.165, 1.54) is 30.1 Å². The van der Waals surface area contributed by atoms with Crippen LogP contribution in [0.2, 0.25) is 0 Å². The average molecular weight is 285 g/mol. The van der Waals surface area contributed by atoms with Gasteiger partial charge in [0.25, 0.3) is 0 Å². The topological polar surface area (TPSA) is 86.9 Å². The third-order valence-electron chi connectivity index (χ3n) is 2.61. The zero-order valence-electron chi connectivity index (χ0n) is 10.9. The van der Waals surface area contributed by atoms with Crippen molar-refractivity contribution in [3.05, 3.63) is 46.8 Å². The maximum atomic E-state index is 10.9. The Kier molecular flexibility index (Phi) is 4.01. The molecule has 0 saturated heterocycles. The summed E-state index contributed by atoms with van der Waals surface area (Å²) in [6.45, 7) is 3.69. The Balaban J connectivity index is 2.42. The zero-order valence-corrected chi connectivity index (χ0v) is 11.7. The van der Waals surface area contributed by atoms with E-state index in [9.17, 15) is 10.1 Å². The summed E-state index contributed by atoms with van der Waals surface area (Å²) in [5, 5.41) is 19.2. The third-order valence-corrected chi connectivity index (χ3v) is 3.53. The molecule has 0 bridgehead atoms. The number of carbonyl (C=O) groups is 1. The predicted octanol–water partition coefficient (Wildman–Crippen LogP) is 2.81. The van der Waals surface area contributed by atoms with Crippen LogP contribution in [0.5, 0.6) is 0 Å². The summed E-state index contributed by atoms with van der Waals surface area (Å²) in [5.41, 5.74) is 2.30. The van der Waals surface area contributed by atoms with Gasteiger partial charge in [0.05, 0.1) is 11.1 Å². The van der Waals surface area contributed by atoms with Gasteiger partial charge in [-0.2, -0.15) is 5.26 Å². The Labute approximate surface area is 120 Å². The second-order valence-electron chi connectivity index (χ2n) is 4.16. The van der Waals surface area contributed by atoms with Crippen LogP contribution in [-0.2, 0) is 0 Å². The van der Waals surface area contributed by atoms with Crippen molar-refractivity contribution in [1.29, 1.82) is 5.26 Å². The highest BCUT2D eigenvalue weighted by Crippen LogP contribution is 2.29. The molecule has 1 N–H and O–H groups in total. The van der Waals surface area contributed by atoms with Gasteiger partial charge < -0.3 is 5.11 Å². The van der Waals surface area contributed by atoms with Gasteiger partial charge in [-0.15, -0.1) is 0 Å². The Morgan fingerprint density at radius 3 is 2.80 bits per heavy atom. The molecule has 0 saturated carbocycles. The fraction of sp³-hybridized carbons (Fsp3) is 0.143. The summed E-state index contributed by atoms with van der Waals surface area (Å²) in [7, 11) is 0. The monoisotopic (exact) mass is 285 g/mol. The first-order chi connectivity index (χ1) is 9.51. The van der Waals surface area contributed by atoms with Crippen LogP contribution in [-0.4, -0.2) is 21.0 Å². The maximum absolute atomic E-state index is 10.9. The summed E-state index contributed by atoms with van der Waals surface area (Å²) in [4.78, 5) is 19.4. The van der Waals surface area contributed by atoms with E-state index in [0.29, 0.717) is 15.6 Å². The van der Waals surface area contributed by atoms with Crippen LogP contribution in [0.3, 0.4) is 0 Å². The molecule has 20 heavy (non-hydrogen) atoms. The summed E-state index contributed by atoms with van der Waals surface area (Å²) in [5.74, 6) is -1.01. The number of carboxylic acid groups (broad SMARTS) is 1. The van der Waals surface area contributed by atoms with E-state index < -0.39 is 5.97 Å². The highest BCUT2D eigenvalue weighted by molar-refractivity contribution is 7.99. The molecule has 2 heterocycles. The molecule has 2 rings (SSSR count). The lowest BCUT2D eigenvalue weighted by molar-refractivity contribution is 0.0696. The molecule has 0 atom stereocenters. The van der Waals surface area contributed by atoms with E-state index in [2.05, 4.69) is 16.0 Å². The molecule has 0 radical (unpaired) electrons. The number of hydrogen-bond acceptors (Lipinski definition) is 5. The van der Waals surface area contributed by atoms with Gasteiger partial charge in [-0.3, -0.25) is 0 Å². The molecule has 2 aromatic heterocycles. The number of hydrogen-bond donors (Lipinski definition) is 1. The van der Waals surface area contributed by atoms with Crippen LogP contribution < -0.4 is 0 Å². The quantitative estimate of drug-likeness (QED) is 0.933. The highest BCUT2D eigenvalue weighted by Gasteiger charge is 2.12. The van der Waals surface area contributed by atoms with Crippen LogP contribution in [0.1, 0.15) is 27.2 Å². The number of carboxylic acids is 1. The van der Waals surface area contributed by atoms with Gasteiger partial charge in [0, 0.05) is 11.9 Å². The number of nitriles is 1. The minimum absolute atomic E-state index is 0.158. The van der Waals surface area contributed by atoms with Gasteiger partial charge in [-0.05, 0) is 49.4 Å². The van der Waals surface area contributed by atoms with Crippen molar-refractivity contribution < 1.29 is 9.90 Å². The Morgan fingerprint density at radius 1 is 1.40 bits per heavy atom. The summed E-state index contributed by atoms with van der Waals surface area (Å²) < 4.78 is 0. The molecule has 0 fully saturated rings. The average Bonchev–Trinajstić information content (AvgIpc) is 2.38. The zero-order chi connectivity index (χ0) is 14.7. The number of rotatable bonds is 3. The van der Waals surface area contributed by atoms with Gasteiger partial charge in [-0.25, -0.2) is 14.8 Å². The molecule has 0 aliphatic heterocycles. The predicted molar refractivity (Wildman–Crippen MR) is 73.7 cm³/mol. The third kappa shape index (κ3) is 2.95. The number of nitrogens with zero attached hydrogens (tertiary/aromatic N) is 3. The summed E-state index contributed by atoms with van der Waals surface area (Å²) in [6.07, 6.45) is 1.43. The van der Waals surface area contributed by atoms with Crippen molar-refractivity contribution in [3.63, 3.8) is 0 Å². The fourth-order valence-corrected chi connectivity index (χ4v) is 2.71. The minimum Gasteiger partial charge on any atom is -0.478 e. The lowest BCUT2D eigenvalue weighted by Gasteiger charge is -2.07. The fourth-order valence-electron chi connectivity index (χ4n) is 1.71. The first-order valence-electron chi connectivity index (χ1n) is 5.77. The van der Waals surface area contributed by atoms with Gasteiger partial charge in [0.2, 0.25) is 0 Å². The number of pyridine rings is 2. The smallest absolute Gasteiger partial charge is 0.335 e. The number of aromatic nitrogens is 2. The summed E-state index contributed by atoms with van der Waals surface area (Å²) in [6, 6.07) is 6.85. The van der Waals surface area contributed by atoms with Gasteiger partial charge in [-0.1, -0.05) is 0 Å². The Bertz CT molecular complexity index is 723. The molecule has 0 amide bonds. The molecule has 0 unspecified atom stereocenters. The van der Waals surface area contributed by atoms with Gasteiger partial charge >= 0.3 is 5.97 Å². The second kappa shape index (κ2) is 5.72. The van der Waals surface area contributed by atoms with Crippen LogP contribution in [0.15, 0.2) is 34.4 Å². The number of aryl methyl sites for hydroxylation is 2.